The lowest BCUT2D eigenvalue weighted by atomic mass is 10.1. The molecule has 1 saturated heterocycles. The summed E-state index contributed by atoms with van der Waals surface area (Å²) in [6, 6.07) is 11.4. The number of rotatable bonds is 3. The van der Waals surface area contributed by atoms with E-state index in [9.17, 15) is 13.2 Å². The summed E-state index contributed by atoms with van der Waals surface area (Å²) in [5, 5.41) is 0. The third-order valence-corrected chi connectivity index (χ3v) is 7.75. The number of hydrogen-bond donors (Lipinski definition) is 0. The van der Waals surface area contributed by atoms with Gasteiger partial charge in [0.1, 0.15) is 0 Å². The first-order valence-corrected chi connectivity index (χ1v) is 10.9. The number of carbonyl (C=O) groups excluding carboxylic acids is 1. The number of nitrogens with zero attached hydrogens (tertiary/aromatic N) is 3. The van der Waals surface area contributed by atoms with Gasteiger partial charge in [0.25, 0.3) is 0 Å². The van der Waals surface area contributed by atoms with E-state index in [0.717, 1.165) is 16.9 Å². The van der Waals surface area contributed by atoms with Gasteiger partial charge in [-0.15, -0.1) is 0 Å². The summed E-state index contributed by atoms with van der Waals surface area (Å²) >= 11 is 0. The van der Waals surface area contributed by atoms with Crippen molar-refractivity contribution in [1.82, 2.24) is 4.31 Å². The fourth-order valence-electron chi connectivity index (χ4n) is 3.87. The van der Waals surface area contributed by atoms with E-state index in [1.807, 2.05) is 0 Å². The Bertz CT molecular complexity index is 1040. The summed E-state index contributed by atoms with van der Waals surface area (Å²) < 4.78 is 27.8. The number of fused-ring (bicyclic) bond motifs is 1. The summed E-state index contributed by atoms with van der Waals surface area (Å²) in [6.07, 6.45) is 0.260. The Morgan fingerprint density at radius 1 is 0.893 bits per heavy atom. The van der Waals surface area contributed by atoms with Crippen molar-refractivity contribution in [2.75, 3.05) is 43.0 Å². The molecule has 4 rings (SSSR count). The predicted molar refractivity (Wildman–Crippen MR) is 110 cm³/mol. The van der Waals surface area contributed by atoms with Crippen LogP contribution in [-0.2, 0) is 21.2 Å². The maximum atomic E-state index is 13.1. The Morgan fingerprint density at radius 3 is 2.29 bits per heavy atom. The maximum Gasteiger partial charge on any atom is 0.243 e. The van der Waals surface area contributed by atoms with Crippen molar-refractivity contribution in [1.29, 1.82) is 0 Å². The van der Waals surface area contributed by atoms with Crippen LogP contribution >= 0.6 is 0 Å². The monoisotopic (exact) mass is 399 g/mol. The standard InChI is InChI=1S/C21H25N3O3S/c1-15-4-5-18(12-16(15)2)23-8-10-24(11-9-23)28(26,27)19-6-7-20-17(13-19)14-21(25)22(20)3/h4-7,12-13H,8-11,14H2,1-3H3. The first-order valence-electron chi connectivity index (χ1n) is 9.49. The zero-order chi connectivity index (χ0) is 20.1. The number of carbonyl (C=O) groups is 1. The number of likely N-dealkylation sites (N-methyl/N-ethyl adjacent to an activating group) is 1. The third kappa shape index (κ3) is 3.18. The molecule has 0 N–H and O–H groups in total. The molecule has 2 aliphatic heterocycles. The fourth-order valence-corrected chi connectivity index (χ4v) is 5.34. The number of aryl methyl sites for hydroxylation is 2. The molecule has 7 heteroatoms. The SMILES string of the molecule is Cc1ccc(N2CCN(S(=O)(=O)c3ccc4c(c3)CC(=O)N4C)CC2)cc1C. The Hall–Kier alpha value is -2.38. The second-order valence-corrected chi connectivity index (χ2v) is 9.52. The van der Waals surface area contributed by atoms with Gasteiger partial charge in [0.2, 0.25) is 15.9 Å². The normalized spacial score (nSPS) is 17.9. The van der Waals surface area contributed by atoms with Crippen LogP contribution in [-0.4, -0.2) is 51.9 Å². The highest BCUT2D eigenvalue weighted by atomic mass is 32.2. The number of sulfonamides is 1. The Balaban J connectivity index is 1.50. The second-order valence-electron chi connectivity index (χ2n) is 7.58. The van der Waals surface area contributed by atoms with Crippen molar-refractivity contribution in [3.63, 3.8) is 0 Å². The molecule has 6 nitrogen and oxygen atoms in total. The van der Waals surface area contributed by atoms with Gasteiger partial charge in [0.15, 0.2) is 0 Å². The van der Waals surface area contributed by atoms with E-state index >= 15 is 0 Å². The number of anilines is 2. The molecule has 0 aliphatic carbocycles. The van der Waals surface area contributed by atoms with E-state index in [1.165, 1.54) is 11.1 Å². The van der Waals surface area contributed by atoms with Gasteiger partial charge >= 0.3 is 0 Å². The smallest absolute Gasteiger partial charge is 0.243 e. The van der Waals surface area contributed by atoms with Crippen LogP contribution in [0.4, 0.5) is 11.4 Å². The van der Waals surface area contributed by atoms with Crippen molar-refractivity contribution >= 4 is 27.3 Å². The van der Waals surface area contributed by atoms with Crippen LogP contribution in [0.3, 0.4) is 0 Å². The van der Waals surface area contributed by atoms with Gasteiger partial charge in [-0.3, -0.25) is 4.79 Å². The predicted octanol–water partition coefficient (Wildman–Crippen LogP) is 2.33. The molecule has 0 spiro atoms. The highest BCUT2D eigenvalue weighted by Gasteiger charge is 2.31. The van der Waals surface area contributed by atoms with Crippen LogP contribution in [0.1, 0.15) is 16.7 Å². The summed E-state index contributed by atoms with van der Waals surface area (Å²) in [5.41, 5.74) is 5.21. The van der Waals surface area contributed by atoms with Crippen molar-refractivity contribution in [3.8, 4) is 0 Å². The van der Waals surface area contributed by atoms with Gasteiger partial charge in [-0.1, -0.05) is 6.07 Å². The molecule has 0 bridgehead atoms. The molecular weight excluding hydrogens is 374 g/mol. The van der Waals surface area contributed by atoms with Crippen molar-refractivity contribution < 1.29 is 13.2 Å². The van der Waals surface area contributed by atoms with Crippen molar-refractivity contribution in [3.05, 3.63) is 53.1 Å². The lowest BCUT2D eigenvalue weighted by molar-refractivity contribution is -0.117. The third-order valence-electron chi connectivity index (χ3n) is 5.86. The lowest BCUT2D eigenvalue weighted by Crippen LogP contribution is -2.48. The average molecular weight is 400 g/mol. The number of piperazine rings is 1. The van der Waals surface area contributed by atoms with Crippen LogP contribution in [0.15, 0.2) is 41.3 Å². The first-order chi connectivity index (χ1) is 13.3. The van der Waals surface area contributed by atoms with Gasteiger partial charge < -0.3 is 9.80 Å². The van der Waals surface area contributed by atoms with E-state index in [2.05, 4.69) is 36.9 Å². The molecular formula is C21H25N3O3S. The quantitative estimate of drug-likeness (QED) is 0.795. The summed E-state index contributed by atoms with van der Waals surface area (Å²) in [6.45, 7) is 6.40. The van der Waals surface area contributed by atoms with Gasteiger partial charge in [-0.05, 0) is 60.9 Å². The van der Waals surface area contributed by atoms with Crippen molar-refractivity contribution in [2.45, 2.75) is 25.2 Å². The molecule has 28 heavy (non-hydrogen) atoms. The molecule has 148 valence electrons. The van der Waals surface area contributed by atoms with Crippen LogP contribution in [0.2, 0.25) is 0 Å². The second kappa shape index (κ2) is 6.90. The molecule has 0 radical (unpaired) electrons. The molecule has 2 aromatic rings. The summed E-state index contributed by atoms with van der Waals surface area (Å²) in [4.78, 5) is 16.0. The van der Waals surface area contributed by atoms with Gasteiger partial charge in [-0.2, -0.15) is 4.31 Å². The van der Waals surface area contributed by atoms with E-state index in [0.29, 0.717) is 26.2 Å². The highest BCUT2D eigenvalue weighted by Crippen LogP contribution is 2.31. The summed E-state index contributed by atoms with van der Waals surface area (Å²) in [7, 11) is -1.85. The molecule has 0 aromatic heterocycles. The van der Waals surface area contributed by atoms with E-state index in [4.69, 9.17) is 0 Å². The highest BCUT2D eigenvalue weighted by molar-refractivity contribution is 7.89. The Kier molecular flexibility index (Phi) is 4.67. The van der Waals surface area contributed by atoms with Crippen LogP contribution in [0.25, 0.3) is 0 Å². The Morgan fingerprint density at radius 2 is 1.61 bits per heavy atom. The zero-order valence-electron chi connectivity index (χ0n) is 16.5. The fraction of sp³-hybridized carbons (Fsp3) is 0.381. The molecule has 2 heterocycles. The average Bonchev–Trinajstić information content (AvgIpc) is 2.97. The Labute approximate surface area is 166 Å². The minimum atomic E-state index is -3.56. The molecule has 0 atom stereocenters. The molecule has 2 aliphatic rings. The number of benzene rings is 2. The lowest BCUT2D eigenvalue weighted by Gasteiger charge is -2.35. The van der Waals surface area contributed by atoms with E-state index in [1.54, 1.807) is 34.5 Å². The molecule has 0 saturated carbocycles. The molecule has 2 aromatic carbocycles. The molecule has 0 unspecified atom stereocenters. The van der Waals surface area contributed by atoms with E-state index < -0.39 is 10.0 Å². The first kappa shape index (κ1) is 19.0. The van der Waals surface area contributed by atoms with Gasteiger partial charge in [-0.25, -0.2) is 8.42 Å². The minimum Gasteiger partial charge on any atom is -0.369 e. The minimum absolute atomic E-state index is 0.00782. The molecule has 1 fully saturated rings. The van der Waals surface area contributed by atoms with Gasteiger partial charge in [0.05, 0.1) is 11.3 Å². The van der Waals surface area contributed by atoms with E-state index in [-0.39, 0.29) is 17.2 Å². The van der Waals surface area contributed by atoms with Crippen LogP contribution in [0.5, 0.6) is 0 Å². The molecule has 1 amide bonds. The zero-order valence-corrected chi connectivity index (χ0v) is 17.3. The van der Waals surface area contributed by atoms with Gasteiger partial charge in [0, 0.05) is 44.6 Å². The number of amides is 1. The van der Waals surface area contributed by atoms with Crippen molar-refractivity contribution in [2.24, 2.45) is 0 Å². The topological polar surface area (TPSA) is 60.9 Å². The summed E-state index contributed by atoms with van der Waals surface area (Å²) in [5.74, 6) is -0.00782. The number of hydrogen-bond acceptors (Lipinski definition) is 4. The van der Waals surface area contributed by atoms with Crippen LogP contribution in [0, 0.1) is 13.8 Å². The maximum absolute atomic E-state index is 13.1. The van der Waals surface area contributed by atoms with Crippen LogP contribution < -0.4 is 9.80 Å². The largest absolute Gasteiger partial charge is 0.369 e.